The van der Waals surface area contributed by atoms with Crippen LogP contribution in [0.1, 0.15) is 24.8 Å². The highest BCUT2D eigenvalue weighted by atomic mass is 79.9. The van der Waals surface area contributed by atoms with Crippen LogP contribution in [0.25, 0.3) is 0 Å². The second-order valence-corrected chi connectivity index (χ2v) is 7.94. The van der Waals surface area contributed by atoms with Gasteiger partial charge >= 0.3 is 5.69 Å². The predicted octanol–water partition coefficient (Wildman–Crippen LogP) is 5.15. The molecule has 1 fully saturated rings. The summed E-state index contributed by atoms with van der Waals surface area (Å²) in [4.78, 5) is 20.6. The number of halogens is 2. The fourth-order valence-electron chi connectivity index (χ4n) is 2.80. The van der Waals surface area contributed by atoms with Crippen molar-refractivity contribution in [2.45, 2.75) is 32.0 Å². The van der Waals surface area contributed by atoms with Crippen molar-refractivity contribution in [3.8, 4) is 5.75 Å². The summed E-state index contributed by atoms with van der Waals surface area (Å²) in [5.74, 6) is 0.247. The number of benzene rings is 2. The van der Waals surface area contributed by atoms with Gasteiger partial charge in [-0.3, -0.25) is 20.2 Å². The SMILES string of the molecule is O=[N+]([O-])c1c(Br)cccc1CCO.O=[N+]([O-])c1c(Br)cccc1OC1CCCCO1. The zero-order valence-corrected chi connectivity index (χ0v) is 19.0. The Kier molecular flexibility index (Phi) is 9.63. The third-order valence-corrected chi connectivity index (χ3v) is 5.44. The number of ether oxygens (including phenoxy) is 2. The molecule has 0 amide bonds. The molecule has 1 unspecified atom stereocenters. The summed E-state index contributed by atoms with van der Waals surface area (Å²) in [6.07, 6.45) is 2.73. The molecule has 0 saturated carbocycles. The molecule has 9 nitrogen and oxygen atoms in total. The van der Waals surface area contributed by atoms with E-state index in [0.29, 0.717) is 27.5 Å². The Morgan fingerprint density at radius 1 is 1.03 bits per heavy atom. The molecule has 0 radical (unpaired) electrons. The Morgan fingerprint density at radius 3 is 2.23 bits per heavy atom. The molecular weight excluding hydrogens is 528 g/mol. The second-order valence-electron chi connectivity index (χ2n) is 6.24. The van der Waals surface area contributed by atoms with Crippen LogP contribution in [-0.4, -0.2) is 34.5 Å². The monoisotopic (exact) mass is 546 g/mol. The summed E-state index contributed by atoms with van der Waals surface area (Å²) >= 11 is 6.24. The van der Waals surface area contributed by atoms with Crippen LogP contribution in [0.15, 0.2) is 45.3 Å². The molecule has 30 heavy (non-hydrogen) atoms. The number of para-hydroxylation sites is 2. The highest BCUT2D eigenvalue weighted by Crippen LogP contribution is 2.35. The van der Waals surface area contributed by atoms with Gasteiger partial charge in [-0.1, -0.05) is 18.2 Å². The van der Waals surface area contributed by atoms with Crippen LogP contribution in [0.5, 0.6) is 5.75 Å². The average molecular weight is 548 g/mol. The first-order valence-electron chi connectivity index (χ1n) is 9.09. The molecule has 2 aromatic carbocycles. The molecule has 1 saturated heterocycles. The maximum atomic E-state index is 10.9. The normalized spacial score (nSPS) is 15.6. The van der Waals surface area contributed by atoms with Gasteiger partial charge in [0.25, 0.3) is 5.69 Å². The van der Waals surface area contributed by atoms with Crippen molar-refractivity contribution in [2.75, 3.05) is 13.2 Å². The lowest BCUT2D eigenvalue weighted by Gasteiger charge is -2.23. The fraction of sp³-hybridized carbons (Fsp3) is 0.368. The van der Waals surface area contributed by atoms with Crippen LogP contribution >= 0.6 is 31.9 Å². The molecule has 0 bridgehead atoms. The van der Waals surface area contributed by atoms with E-state index >= 15 is 0 Å². The van der Waals surface area contributed by atoms with Gasteiger partial charge in [-0.05, 0) is 62.9 Å². The second kappa shape index (κ2) is 11.9. The van der Waals surface area contributed by atoms with Gasteiger partial charge in [0.2, 0.25) is 5.75 Å². The lowest BCUT2D eigenvalue weighted by molar-refractivity contribution is -0.387. The molecule has 3 rings (SSSR count). The van der Waals surface area contributed by atoms with Gasteiger partial charge in [-0.15, -0.1) is 0 Å². The zero-order valence-electron chi connectivity index (χ0n) is 15.8. The number of hydrogen-bond donors (Lipinski definition) is 1. The standard InChI is InChI=1S/C11H12BrNO4.C8H8BrNO3/c12-8-4-3-5-9(11(8)13(14)15)17-10-6-1-2-7-16-10;9-7-3-1-2-6(4-5-11)8(7)10(12)13/h3-5,10H,1-2,6-7H2;1-3,11H,4-5H2. The van der Waals surface area contributed by atoms with Crippen molar-refractivity contribution in [1.29, 1.82) is 0 Å². The molecule has 11 heteroatoms. The number of nitro benzene ring substituents is 2. The lowest BCUT2D eigenvalue weighted by atomic mass is 10.1. The Labute approximate surface area is 189 Å². The maximum Gasteiger partial charge on any atom is 0.325 e. The third-order valence-electron chi connectivity index (χ3n) is 4.16. The summed E-state index contributed by atoms with van der Waals surface area (Å²) in [6.45, 7) is 0.559. The Balaban J connectivity index is 0.000000222. The van der Waals surface area contributed by atoms with Crippen molar-refractivity contribution in [2.24, 2.45) is 0 Å². The van der Waals surface area contributed by atoms with Crippen molar-refractivity contribution < 1.29 is 24.4 Å². The smallest absolute Gasteiger partial charge is 0.325 e. The van der Waals surface area contributed by atoms with Gasteiger partial charge in [-0.2, -0.15) is 0 Å². The topological polar surface area (TPSA) is 125 Å². The summed E-state index contributed by atoms with van der Waals surface area (Å²) < 4.78 is 11.8. The first kappa shape index (κ1) is 24.2. The molecule has 2 aromatic rings. The van der Waals surface area contributed by atoms with Crippen LogP contribution in [0.4, 0.5) is 11.4 Å². The van der Waals surface area contributed by atoms with Gasteiger partial charge in [0.05, 0.1) is 25.4 Å². The minimum Gasteiger partial charge on any atom is -0.458 e. The van der Waals surface area contributed by atoms with Gasteiger partial charge in [0.15, 0.2) is 6.29 Å². The van der Waals surface area contributed by atoms with E-state index in [0.717, 1.165) is 19.3 Å². The largest absolute Gasteiger partial charge is 0.458 e. The molecule has 1 aliphatic heterocycles. The van der Waals surface area contributed by atoms with Crippen molar-refractivity contribution >= 4 is 43.2 Å². The number of nitrogens with zero attached hydrogens (tertiary/aromatic N) is 2. The molecule has 1 aliphatic rings. The number of nitro groups is 2. The fourth-order valence-corrected chi connectivity index (χ4v) is 3.85. The molecule has 0 aliphatic carbocycles. The lowest BCUT2D eigenvalue weighted by Crippen LogP contribution is -2.25. The summed E-state index contributed by atoms with van der Waals surface area (Å²) in [6, 6.07) is 9.86. The van der Waals surface area contributed by atoms with E-state index in [1.807, 2.05) is 0 Å². The van der Waals surface area contributed by atoms with E-state index in [9.17, 15) is 20.2 Å². The summed E-state index contributed by atoms with van der Waals surface area (Å²) in [7, 11) is 0. The van der Waals surface area contributed by atoms with Crippen LogP contribution in [0.3, 0.4) is 0 Å². The highest BCUT2D eigenvalue weighted by Gasteiger charge is 2.23. The average Bonchev–Trinajstić information content (AvgIpc) is 2.69. The van der Waals surface area contributed by atoms with E-state index in [2.05, 4.69) is 31.9 Å². The van der Waals surface area contributed by atoms with Gasteiger partial charge in [0, 0.05) is 25.0 Å². The van der Waals surface area contributed by atoms with Crippen LogP contribution in [0.2, 0.25) is 0 Å². The van der Waals surface area contributed by atoms with Gasteiger partial charge < -0.3 is 14.6 Å². The molecule has 1 atom stereocenters. The van der Waals surface area contributed by atoms with E-state index in [1.54, 1.807) is 36.4 Å². The molecule has 162 valence electrons. The molecule has 0 aromatic heterocycles. The van der Waals surface area contributed by atoms with Crippen molar-refractivity contribution in [3.05, 3.63) is 71.1 Å². The van der Waals surface area contributed by atoms with E-state index in [-0.39, 0.29) is 30.0 Å². The van der Waals surface area contributed by atoms with Gasteiger partial charge in [0.1, 0.15) is 0 Å². The van der Waals surface area contributed by atoms with E-state index in [4.69, 9.17) is 14.6 Å². The first-order chi connectivity index (χ1) is 14.3. The Bertz CT molecular complexity index is 889. The molecule has 0 spiro atoms. The first-order valence-corrected chi connectivity index (χ1v) is 10.7. The van der Waals surface area contributed by atoms with E-state index in [1.165, 1.54) is 0 Å². The predicted molar refractivity (Wildman–Crippen MR) is 117 cm³/mol. The van der Waals surface area contributed by atoms with E-state index < -0.39 is 9.85 Å². The Hall–Kier alpha value is -2.08. The number of hydrogen-bond acceptors (Lipinski definition) is 7. The zero-order chi connectivity index (χ0) is 22.1. The Morgan fingerprint density at radius 2 is 1.67 bits per heavy atom. The summed E-state index contributed by atoms with van der Waals surface area (Å²) in [5.41, 5.74) is 0.528. The minimum atomic E-state index is -0.456. The van der Waals surface area contributed by atoms with Crippen LogP contribution < -0.4 is 4.74 Å². The number of rotatable bonds is 6. The van der Waals surface area contributed by atoms with Crippen LogP contribution in [0, 0.1) is 20.2 Å². The quantitative estimate of drug-likeness (QED) is 0.391. The minimum absolute atomic E-state index is 0.0385. The van der Waals surface area contributed by atoms with Gasteiger partial charge in [-0.25, -0.2) is 0 Å². The van der Waals surface area contributed by atoms with Crippen molar-refractivity contribution in [1.82, 2.24) is 0 Å². The maximum absolute atomic E-state index is 10.9. The van der Waals surface area contributed by atoms with Crippen molar-refractivity contribution in [3.63, 3.8) is 0 Å². The number of aliphatic hydroxyl groups excluding tert-OH is 1. The van der Waals surface area contributed by atoms with Crippen LogP contribution in [-0.2, 0) is 11.2 Å². The highest BCUT2D eigenvalue weighted by molar-refractivity contribution is 9.11. The third kappa shape index (κ3) is 6.73. The molecule has 1 N–H and O–H groups in total. The number of aliphatic hydroxyl groups is 1. The molecule has 1 heterocycles. The summed E-state index contributed by atoms with van der Waals surface area (Å²) in [5, 5.41) is 30.2. The molecular formula is C19H20Br2N2O7.